The normalized spacial score (nSPS) is 11.9. The third-order valence-corrected chi connectivity index (χ3v) is 2.98. The Bertz CT molecular complexity index is 576. The van der Waals surface area contributed by atoms with Gasteiger partial charge in [0.05, 0.1) is 16.6 Å². The summed E-state index contributed by atoms with van der Waals surface area (Å²) in [6.07, 6.45) is -5.32. The first-order valence-corrected chi connectivity index (χ1v) is 5.42. The second-order valence-electron chi connectivity index (χ2n) is 3.37. The minimum Gasteiger partial charge on any atom is -0.481 e. The number of nitrogens with zero attached hydrogens (tertiary/aromatic N) is 1. The molecule has 2 heterocycles. The van der Waals surface area contributed by atoms with E-state index in [1.54, 1.807) is 5.38 Å². The molecule has 0 unspecified atom stereocenters. The maximum atomic E-state index is 12.7. The van der Waals surface area contributed by atoms with Crippen LogP contribution in [0.25, 0.3) is 10.2 Å². The van der Waals surface area contributed by atoms with Crippen LogP contribution in [0.1, 0.15) is 11.3 Å². The fourth-order valence-corrected chi connectivity index (χ4v) is 2.26. The number of carboxylic acid groups (broad SMARTS) is 1. The van der Waals surface area contributed by atoms with Crippen molar-refractivity contribution in [3.63, 3.8) is 0 Å². The lowest BCUT2D eigenvalue weighted by molar-refractivity contribution is -0.142. The third-order valence-electron chi connectivity index (χ3n) is 2.13. The highest BCUT2D eigenvalue weighted by Crippen LogP contribution is 2.33. The van der Waals surface area contributed by atoms with E-state index in [0.717, 1.165) is 0 Å². The summed E-state index contributed by atoms with van der Waals surface area (Å²) in [6.45, 7) is 0. The van der Waals surface area contributed by atoms with E-state index in [-0.39, 0.29) is 11.1 Å². The Morgan fingerprint density at radius 3 is 2.76 bits per heavy atom. The number of aromatic nitrogens is 1. The summed E-state index contributed by atoms with van der Waals surface area (Å²) in [6, 6.07) is 2.71. The number of thiophene rings is 1. The highest BCUT2D eigenvalue weighted by atomic mass is 32.1. The molecule has 0 aliphatic heterocycles. The van der Waals surface area contributed by atoms with Crippen molar-refractivity contribution in [2.24, 2.45) is 0 Å². The molecule has 7 heteroatoms. The van der Waals surface area contributed by atoms with Crippen molar-refractivity contribution in [3.05, 3.63) is 28.8 Å². The van der Waals surface area contributed by atoms with Crippen LogP contribution < -0.4 is 0 Å². The lowest BCUT2D eigenvalue weighted by atomic mass is 10.1. The summed E-state index contributed by atoms with van der Waals surface area (Å²) in [5.41, 5.74) is -1.19. The van der Waals surface area contributed by atoms with Crippen LogP contribution in [0.3, 0.4) is 0 Å². The molecule has 2 rings (SSSR count). The van der Waals surface area contributed by atoms with Gasteiger partial charge in [0, 0.05) is 0 Å². The molecule has 0 radical (unpaired) electrons. The van der Waals surface area contributed by atoms with Gasteiger partial charge in [-0.15, -0.1) is 11.3 Å². The Kier molecular flexibility index (Phi) is 2.78. The number of carbonyl (C=O) groups is 1. The van der Waals surface area contributed by atoms with E-state index in [1.807, 2.05) is 0 Å². The molecule has 0 aromatic carbocycles. The van der Waals surface area contributed by atoms with Crippen LogP contribution in [-0.2, 0) is 17.4 Å². The Balaban J connectivity index is 2.63. The predicted octanol–water partition coefficient (Wildman–Crippen LogP) is 2.94. The van der Waals surface area contributed by atoms with E-state index in [9.17, 15) is 18.0 Å². The van der Waals surface area contributed by atoms with Crippen LogP contribution in [-0.4, -0.2) is 16.1 Å². The van der Waals surface area contributed by atoms with Crippen LogP contribution in [0.5, 0.6) is 0 Å². The molecule has 3 nitrogen and oxygen atoms in total. The van der Waals surface area contributed by atoms with Gasteiger partial charge in [-0.1, -0.05) is 0 Å². The Hall–Kier alpha value is -1.63. The fraction of sp³-hybridized carbons (Fsp3) is 0.200. The van der Waals surface area contributed by atoms with E-state index in [4.69, 9.17) is 5.11 Å². The molecule has 2 aromatic rings. The monoisotopic (exact) mass is 261 g/mol. The zero-order chi connectivity index (χ0) is 12.6. The molecule has 0 fully saturated rings. The molecule has 2 aromatic heterocycles. The quantitative estimate of drug-likeness (QED) is 0.904. The van der Waals surface area contributed by atoms with Crippen LogP contribution in [0.15, 0.2) is 17.5 Å². The number of aliphatic carboxylic acids is 1. The summed E-state index contributed by atoms with van der Waals surface area (Å²) in [7, 11) is 0. The van der Waals surface area contributed by atoms with Crippen molar-refractivity contribution in [2.45, 2.75) is 12.6 Å². The first kappa shape index (κ1) is 11.8. The maximum Gasteiger partial charge on any atom is 0.433 e. The van der Waals surface area contributed by atoms with E-state index in [0.29, 0.717) is 4.70 Å². The summed E-state index contributed by atoms with van der Waals surface area (Å²) in [4.78, 5) is 14.0. The summed E-state index contributed by atoms with van der Waals surface area (Å²) in [5.74, 6) is -1.31. The summed E-state index contributed by atoms with van der Waals surface area (Å²) < 4.78 is 38.6. The fourth-order valence-electron chi connectivity index (χ4n) is 1.48. The summed E-state index contributed by atoms with van der Waals surface area (Å²) >= 11 is 1.23. The minimum atomic E-state index is -4.64. The zero-order valence-corrected chi connectivity index (χ0v) is 9.10. The van der Waals surface area contributed by atoms with Gasteiger partial charge in [0.1, 0.15) is 5.69 Å². The van der Waals surface area contributed by atoms with Crippen molar-refractivity contribution in [1.29, 1.82) is 0 Å². The number of pyridine rings is 1. The average Bonchev–Trinajstić information content (AvgIpc) is 2.60. The molecule has 0 amide bonds. The van der Waals surface area contributed by atoms with Gasteiger partial charge in [-0.25, -0.2) is 4.98 Å². The van der Waals surface area contributed by atoms with Crippen LogP contribution >= 0.6 is 11.3 Å². The SMILES string of the molecule is O=C(O)Cc1cc2sccc2nc1C(F)(F)F. The second-order valence-corrected chi connectivity index (χ2v) is 4.32. The molecule has 1 N–H and O–H groups in total. The molecule has 90 valence electrons. The molecule has 0 spiro atoms. The van der Waals surface area contributed by atoms with Gasteiger partial charge in [0.2, 0.25) is 0 Å². The van der Waals surface area contributed by atoms with E-state index in [2.05, 4.69) is 4.98 Å². The second kappa shape index (κ2) is 3.99. The van der Waals surface area contributed by atoms with Gasteiger partial charge < -0.3 is 5.11 Å². The number of hydrogen-bond donors (Lipinski definition) is 1. The zero-order valence-electron chi connectivity index (χ0n) is 8.28. The van der Waals surface area contributed by atoms with E-state index < -0.39 is 24.3 Å². The van der Waals surface area contributed by atoms with Crippen molar-refractivity contribution in [2.75, 3.05) is 0 Å². The molecular formula is C10H6F3NO2S. The number of fused-ring (bicyclic) bond motifs is 1. The van der Waals surface area contributed by atoms with Gasteiger partial charge >= 0.3 is 12.1 Å². The van der Waals surface area contributed by atoms with Crippen molar-refractivity contribution in [3.8, 4) is 0 Å². The Labute approximate surface area is 97.5 Å². The highest BCUT2D eigenvalue weighted by Gasteiger charge is 2.36. The number of halogens is 3. The third kappa shape index (κ3) is 2.38. The lowest BCUT2D eigenvalue weighted by Crippen LogP contribution is -2.14. The first-order chi connectivity index (χ1) is 7.88. The largest absolute Gasteiger partial charge is 0.481 e. The molecule has 17 heavy (non-hydrogen) atoms. The lowest BCUT2D eigenvalue weighted by Gasteiger charge is -2.10. The Morgan fingerprint density at radius 1 is 1.47 bits per heavy atom. The molecule has 0 aliphatic rings. The standard InChI is InChI=1S/C10H6F3NO2S/c11-10(12,13)9-5(4-8(15)16)3-7-6(14-9)1-2-17-7/h1-3H,4H2,(H,15,16). The van der Waals surface area contributed by atoms with Crippen LogP contribution in [0, 0.1) is 0 Å². The molecular weight excluding hydrogens is 255 g/mol. The van der Waals surface area contributed by atoms with Gasteiger partial charge in [-0.2, -0.15) is 13.2 Å². The Morgan fingerprint density at radius 2 is 2.18 bits per heavy atom. The van der Waals surface area contributed by atoms with Gasteiger partial charge in [0.25, 0.3) is 0 Å². The number of alkyl halides is 3. The molecule has 0 bridgehead atoms. The molecule has 0 atom stereocenters. The molecule has 0 saturated carbocycles. The molecule has 0 aliphatic carbocycles. The van der Waals surface area contributed by atoms with Crippen LogP contribution in [0.2, 0.25) is 0 Å². The number of rotatable bonds is 2. The van der Waals surface area contributed by atoms with E-state index in [1.165, 1.54) is 23.5 Å². The predicted molar refractivity (Wildman–Crippen MR) is 56.0 cm³/mol. The van der Waals surface area contributed by atoms with E-state index >= 15 is 0 Å². The van der Waals surface area contributed by atoms with Gasteiger partial charge in [-0.3, -0.25) is 4.79 Å². The molecule has 0 saturated heterocycles. The average molecular weight is 261 g/mol. The van der Waals surface area contributed by atoms with Gasteiger partial charge in [0.15, 0.2) is 0 Å². The van der Waals surface area contributed by atoms with Gasteiger partial charge in [-0.05, 0) is 23.1 Å². The minimum absolute atomic E-state index is 0.233. The van der Waals surface area contributed by atoms with Crippen molar-refractivity contribution < 1.29 is 23.1 Å². The summed E-state index contributed by atoms with van der Waals surface area (Å²) in [5, 5.41) is 10.2. The highest BCUT2D eigenvalue weighted by molar-refractivity contribution is 7.17. The number of carboxylic acids is 1. The topological polar surface area (TPSA) is 50.2 Å². The maximum absolute atomic E-state index is 12.7. The number of hydrogen-bond acceptors (Lipinski definition) is 3. The smallest absolute Gasteiger partial charge is 0.433 e. The van der Waals surface area contributed by atoms with Crippen molar-refractivity contribution >= 4 is 27.5 Å². The van der Waals surface area contributed by atoms with Crippen LogP contribution in [0.4, 0.5) is 13.2 Å². The van der Waals surface area contributed by atoms with Crippen molar-refractivity contribution in [1.82, 2.24) is 4.98 Å². The first-order valence-electron chi connectivity index (χ1n) is 4.54.